The second-order valence-corrected chi connectivity index (χ2v) is 6.03. The van der Waals surface area contributed by atoms with Crippen molar-refractivity contribution in [3.05, 3.63) is 59.7 Å². The molecule has 0 fully saturated rings. The van der Waals surface area contributed by atoms with E-state index >= 15 is 0 Å². The number of nitrogens with two attached hydrogens (primary N) is 1. The first kappa shape index (κ1) is 17.0. The summed E-state index contributed by atoms with van der Waals surface area (Å²) in [6, 6.07) is 5.82. The predicted octanol–water partition coefficient (Wildman–Crippen LogP) is 2.32. The summed E-state index contributed by atoms with van der Waals surface area (Å²) in [5, 5.41) is 2.98. The second-order valence-electron chi connectivity index (χ2n) is 6.03. The zero-order valence-corrected chi connectivity index (χ0v) is 14.5. The molecule has 3 rings (SSSR count). The van der Waals surface area contributed by atoms with E-state index in [4.69, 9.17) is 10.5 Å². The summed E-state index contributed by atoms with van der Waals surface area (Å²) in [5.74, 6) is 2.05. The maximum Gasteiger partial charge on any atom is 0.231 e. The molecular formula is C19H22N4O2. The molecule has 0 aliphatic heterocycles. The Morgan fingerprint density at radius 1 is 1.36 bits per heavy atom. The molecule has 1 aliphatic carbocycles. The van der Waals surface area contributed by atoms with Gasteiger partial charge in [0.15, 0.2) is 0 Å². The van der Waals surface area contributed by atoms with E-state index in [9.17, 15) is 4.79 Å². The Kier molecular flexibility index (Phi) is 5.00. The van der Waals surface area contributed by atoms with E-state index in [2.05, 4.69) is 29.4 Å². The number of hydrogen-bond donors (Lipinski definition) is 2. The summed E-state index contributed by atoms with van der Waals surface area (Å²) in [6.45, 7) is 2.68. The van der Waals surface area contributed by atoms with Crippen molar-refractivity contribution >= 4 is 16.9 Å². The summed E-state index contributed by atoms with van der Waals surface area (Å²) in [4.78, 5) is 15.4. The molecular weight excluding hydrogens is 316 g/mol. The Balaban J connectivity index is 1.78. The van der Waals surface area contributed by atoms with Crippen molar-refractivity contribution < 1.29 is 9.53 Å². The van der Waals surface area contributed by atoms with Gasteiger partial charge in [0.1, 0.15) is 17.3 Å². The van der Waals surface area contributed by atoms with E-state index in [0.29, 0.717) is 6.54 Å². The highest BCUT2D eigenvalue weighted by Crippen LogP contribution is 2.24. The smallest absolute Gasteiger partial charge is 0.231 e. The predicted molar refractivity (Wildman–Crippen MR) is 97.8 cm³/mol. The van der Waals surface area contributed by atoms with Gasteiger partial charge < -0.3 is 20.4 Å². The third-order valence-corrected chi connectivity index (χ3v) is 4.03. The zero-order chi connectivity index (χ0) is 17.8. The van der Waals surface area contributed by atoms with E-state index in [1.54, 1.807) is 0 Å². The standard InChI is InChI=1S/C19H22N4O2/c1-13-4-3-5-14(7-6-13)25-15-8-9-16-17(10-15)23(2)19(22-16)12-21-11-18(20)24/h4-10,21H,3,11-12H2,1-2H3,(H2,20,24). The van der Waals surface area contributed by atoms with Gasteiger partial charge in [0, 0.05) is 13.1 Å². The van der Waals surface area contributed by atoms with Crippen molar-refractivity contribution in [2.75, 3.05) is 6.54 Å². The van der Waals surface area contributed by atoms with Crippen molar-refractivity contribution in [1.29, 1.82) is 0 Å². The van der Waals surface area contributed by atoms with E-state index in [1.165, 1.54) is 5.57 Å². The van der Waals surface area contributed by atoms with E-state index in [0.717, 1.165) is 34.8 Å². The summed E-state index contributed by atoms with van der Waals surface area (Å²) in [7, 11) is 1.94. The van der Waals surface area contributed by atoms with Crippen LogP contribution in [0.2, 0.25) is 0 Å². The number of rotatable bonds is 6. The van der Waals surface area contributed by atoms with Gasteiger partial charge in [-0.25, -0.2) is 4.98 Å². The lowest BCUT2D eigenvalue weighted by Gasteiger charge is -2.07. The number of amides is 1. The molecule has 0 saturated heterocycles. The maximum absolute atomic E-state index is 10.8. The fourth-order valence-corrected chi connectivity index (χ4v) is 2.66. The van der Waals surface area contributed by atoms with Gasteiger partial charge in [0.2, 0.25) is 5.91 Å². The molecule has 25 heavy (non-hydrogen) atoms. The highest BCUT2D eigenvalue weighted by atomic mass is 16.5. The first-order chi connectivity index (χ1) is 12.0. The first-order valence-electron chi connectivity index (χ1n) is 8.20. The number of nitrogens with zero attached hydrogens (tertiary/aromatic N) is 2. The lowest BCUT2D eigenvalue weighted by molar-refractivity contribution is -0.117. The van der Waals surface area contributed by atoms with Crippen molar-refractivity contribution in [3.8, 4) is 5.75 Å². The minimum absolute atomic E-state index is 0.130. The topological polar surface area (TPSA) is 82.2 Å². The second kappa shape index (κ2) is 7.36. The lowest BCUT2D eigenvalue weighted by Crippen LogP contribution is -2.28. The third-order valence-electron chi connectivity index (χ3n) is 4.03. The Hall–Kier alpha value is -2.86. The van der Waals surface area contributed by atoms with E-state index < -0.39 is 0 Å². The number of imidazole rings is 1. The van der Waals surface area contributed by atoms with Crippen LogP contribution in [-0.2, 0) is 18.4 Å². The number of hydrogen-bond acceptors (Lipinski definition) is 4. The largest absolute Gasteiger partial charge is 0.458 e. The normalized spacial score (nSPS) is 14.2. The average Bonchev–Trinajstić information content (AvgIpc) is 2.74. The molecule has 0 unspecified atom stereocenters. The monoisotopic (exact) mass is 338 g/mol. The van der Waals surface area contributed by atoms with Gasteiger partial charge in [-0.3, -0.25) is 4.79 Å². The van der Waals surface area contributed by atoms with Crippen molar-refractivity contribution in [2.24, 2.45) is 12.8 Å². The Morgan fingerprint density at radius 2 is 2.20 bits per heavy atom. The summed E-state index contributed by atoms with van der Waals surface area (Å²) in [5.41, 5.74) is 8.22. The molecule has 1 heterocycles. The minimum Gasteiger partial charge on any atom is -0.458 e. The number of aromatic nitrogens is 2. The van der Waals surface area contributed by atoms with Gasteiger partial charge >= 0.3 is 0 Å². The Labute approximate surface area is 146 Å². The van der Waals surface area contributed by atoms with Crippen LogP contribution in [0.3, 0.4) is 0 Å². The highest BCUT2D eigenvalue weighted by Gasteiger charge is 2.10. The molecule has 1 aromatic heterocycles. The van der Waals surface area contributed by atoms with Crippen LogP contribution in [0.4, 0.5) is 0 Å². The fraction of sp³-hybridized carbons (Fsp3) is 0.263. The average molecular weight is 338 g/mol. The molecule has 6 heteroatoms. The van der Waals surface area contributed by atoms with E-state index in [-0.39, 0.29) is 12.5 Å². The number of carbonyl (C=O) groups excluding carboxylic acids is 1. The van der Waals surface area contributed by atoms with Crippen LogP contribution in [-0.4, -0.2) is 22.0 Å². The molecule has 0 radical (unpaired) electrons. The van der Waals surface area contributed by atoms with Crippen molar-refractivity contribution in [1.82, 2.24) is 14.9 Å². The SMILES string of the molecule is CC1=CCC=C(Oc2ccc3nc(CNCC(N)=O)n(C)c3c2)C=C1. The van der Waals surface area contributed by atoms with Gasteiger partial charge in [-0.15, -0.1) is 0 Å². The van der Waals surface area contributed by atoms with Crippen LogP contribution in [0.15, 0.2) is 53.8 Å². The molecule has 3 N–H and O–H groups in total. The zero-order valence-electron chi connectivity index (χ0n) is 14.5. The van der Waals surface area contributed by atoms with Crippen LogP contribution in [0.25, 0.3) is 11.0 Å². The van der Waals surface area contributed by atoms with Gasteiger partial charge in [-0.05, 0) is 37.6 Å². The summed E-state index contributed by atoms with van der Waals surface area (Å²) in [6.07, 6.45) is 9.09. The molecule has 130 valence electrons. The van der Waals surface area contributed by atoms with Gasteiger partial charge in [-0.2, -0.15) is 0 Å². The molecule has 0 saturated carbocycles. The Bertz CT molecular complexity index is 890. The van der Waals surface area contributed by atoms with Crippen LogP contribution in [0.1, 0.15) is 19.2 Å². The van der Waals surface area contributed by atoms with Crippen LogP contribution in [0.5, 0.6) is 5.75 Å². The number of benzene rings is 1. The molecule has 1 aromatic carbocycles. The van der Waals surface area contributed by atoms with Crippen molar-refractivity contribution in [3.63, 3.8) is 0 Å². The van der Waals surface area contributed by atoms with Crippen LogP contribution < -0.4 is 15.8 Å². The number of aryl methyl sites for hydroxylation is 1. The lowest BCUT2D eigenvalue weighted by atomic mass is 10.2. The Morgan fingerprint density at radius 3 is 3.00 bits per heavy atom. The number of allylic oxidation sites excluding steroid dienone is 5. The molecule has 2 aromatic rings. The van der Waals surface area contributed by atoms with Crippen LogP contribution >= 0.6 is 0 Å². The summed E-state index contributed by atoms with van der Waals surface area (Å²) >= 11 is 0. The molecule has 0 atom stereocenters. The number of nitrogens with one attached hydrogen (secondary N) is 1. The van der Waals surface area contributed by atoms with Crippen LogP contribution in [0, 0.1) is 0 Å². The number of ether oxygens (including phenoxy) is 1. The highest BCUT2D eigenvalue weighted by molar-refractivity contribution is 5.78. The molecule has 0 spiro atoms. The van der Waals surface area contributed by atoms with Gasteiger partial charge in [-0.1, -0.05) is 17.7 Å². The van der Waals surface area contributed by atoms with E-state index in [1.807, 2.05) is 42.0 Å². The molecule has 0 bridgehead atoms. The molecule has 6 nitrogen and oxygen atoms in total. The van der Waals surface area contributed by atoms with Gasteiger partial charge in [0.05, 0.1) is 24.1 Å². The fourth-order valence-electron chi connectivity index (χ4n) is 2.66. The minimum atomic E-state index is -0.385. The van der Waals surface area contributed by atoms with Gasteiger partial charge in [0.25, 0.3) is 0 Å². The third kappa shape index (κ3) is 4.16. The number of primary amides is 1. The molecule has 1 amide bonds. The first-order valence-corrected chi connectivity index (χ1v) is 8.20. The number of carbonyl (C=O) groups is 1. The van der Waals surface area contributed by atoms with Crippen molar-refractivity contribution in [2.45, 2.75) is 19.9 Å². The quantitative estimate of drug-likeness (QED) is 0.847. The maximum atomic E-state index is 10.8. The molecule has 1 aliphatic rings. The number of fused-ring (bicyclic) bond motifs is 1. The summed E-state index contributed by atoms with van der Waals surface area (Å²) < 4.78 is 7.98.